The lowest BCUT2D eigenvalue weighted by Crippen LogP contribution is -2.09. The highest BCUT2D eigenvalue weighted by Crippen LogP contribution is 2.04. The smallest absolute Gasteiger partial charge is 0.414 e. The van der Waals surface area contributed by atoms with Gasteiger partial charge >= 0.3 is 11.9 Å². The van der Waals surface area contributed by atoms with Crippen molar-refractivity contribution < 1.29 is 24.2 Å². The molecule has 0 fully saturated rings. The van der Waals surface area contributed by atoms with Gasteiger partial charge < -0.3 is 15.9 Å². The SMILES string of the molecule is NCCCc1ccc(F)cc1.O=C(O)C(=O)O. The molecule has 94 valence electrons. The Morgan fingerprint density at radius 1 is 1.12 bits per heavy atom. The molecule has 0 aromatic heterocycles. The quantitative estimate of drug-likeness (QED) is 0.684. The van der Waals surface area contributed by atoms with Crippen LogP contribution in [-0.4, -0.2) is 28.7 Å². The van der Waals surface area contributed by atoms with Gasteiger partial charge in [-0.3, -0.25) is 0 Å². The number of benzene rings is 1. The fraction of sp³-hybridized carbons (Fsp3) is 0.273. The van der Waals surface area contributed by atoms with E-state index in [1.165, 1.54) is 12.1 Å². The number of rotatable bonds is 3. The van der Waals surface area contributed by atoms with Gasteiger partial charge in [-0.25, -0.2) is 14.0 Å². The zero-order chi connectivity index (χ0) is 13.3. The summed E-state index contributed by atoms with van der Waals surface area (Å²) in [6.07, 6.45) is 1.91. The van der Waals surface area contributed by atoms with Crippen LogP contribution in [0.25, 0.3) is 0 Å². The van der Waals surface area contributed by atoms with Crippen LogP contribution in [0.2, 0.25) is 0 Å². The first-order valence-electron chi connectivity index (χ1n) is 4.88. The number of carboxylic acid groups (broad SMARTS) is 2. The maximum atomic E-state index is 12.4. The average Bonchev–Trinajstić information content (AvgIpc) is 2.29. The van der Waals surface area contributed by atoms with E-state index in [4.69, 9.17) is 25.5 Å². The maximum absolute atomic E-state index is 12.4. The summed E-state index contributed by atoms with van der Waals surface area (Å²) >= 11 is 0. The van der Waals surface area contributed by atoms with Crippen molar-refractivity contribution in [3.63, 3.8) is 0 Å². The lowest BCUT2D eigenvalue weighted by Gasteiger charge is -1.97. The monoisotopic (exact) mass is 243 g/mol. The topological polar surface area (TPSA) is 101 Å². The molecular formula is C11H14FNO4. The van der Waals surface area contributed by atoms with Gasteiger partial charge in [0.15, 0.2) is 0 Å². The molecule has 0 aliphatic carbocycles. The summed E-state index contributed by atoms with van der Waals surface area (Å²) in [6, 6.07) is 6.55. The van der Waals surface area contributed by atoms with Gasteiger partial charge in [-0.1, -0.05) is 12.1 Å². The number of aryl methyl sites for hydroxylation is 1. The van der Waals surface area contributed by atoms with E-state index in [0.717, 1.165) is 18.4 Å². The highest BCUT2D eigenvalue weighted by Gasteiger charge is 2.04. The summed E-state index contributed by atoms with van der Waals surface area (Å²) in [7, 11) is 0. The third-order valence-corrected chi connectivity index (χ3v) is 1.77. The van der Waals surface area contributed by atoms with Crippen LogP contribution in [0.4, 0.5) is 4.39 Å². The highest BCUT2D eigenvalue weighted by atomic mass is 19.1. The lowest BCUT2D eigenvalue weighted by atomic mass is 10.1. The largest absolute Gasteiger partial charge is 0.473 e. The Morgan fingerprint density at radius 2 is 1.59 bits per heavy atom. The first-order chi connectivity index (χ1) is 7.97. The Kier molecular flexibility index (Phi) is 7.29. The van der Waals surface area contributed by atoms with Crippen LogP contribution in [0, 0.1) is 5.82 Å². The molecule has 1 rings (SSSR count). The Balaban J connectivity index is 0.000000366. The fourth-order valence-electron chi connectivity index (χ4n) is 0.957. The number of carbonyl (C=O) groups is 2. The molecule has 17 heavy (non-hydrogen) atoms. The van der Waals surface area contributed by atoms with Crippen LogP contribution in [-0.2, 0) is 16.0 Å². The van der Waals surface area contributed by atoms with E-state index in [0.29, 0.717) is 6.54 Å². The van der Waals surface area contributed by atoms with E-state index in [1.54, 1.807) is 12.1 Å². The predicted molar refractivity (Wildman–Crippen MR) is 59.0 cm³/mol. The van der Waals surface area contributed by atoms with E-state index < -0.39 is 11.9 Å². The summed E-state index contributed by atoms with van der Waals surface area (Å²) in [6.45, 7) is 0.692. The molecular weight excluding hydrogens is 229 g/mol. The molecule has 0 heterocycles. The van der Waals surface area contributed by atoms with Crippen molar-refractivity contribution in [2.45, 2.75) is 12.8 Å². The van der Waals surface area contributed by atoms with E-state index >= 15 is 0 Å². The molecule has 0 atom stereocenters. The molecule has 1 aromatic rings. The second kappa shape index (κ2) is 8.23. The number of aliphatic carboxylic acids is 2. The normalized spacial score (nSPS) is 9.06. The van der Waals surface area contributed by atoms with Crippen LogP contribution in [0.5, 0.6) is 0 Å². The number of nitrogens with two attached hydrogens (primary N) is 1. The molecule has 0 bridgehead atoms. The molecule has 0 aliphatic rings. The van der Waals surface area contributed by atoms with Crippen molar-refractivity contribution in [3.8, 4) is 0 Å². The van der Waals surface area contributed by atoms with Crippen molar-refractivity contribution in [2.75, 3.05) is 6.54 Å². The molecule has 0 saturated carbocycles. The molecule has 0 radical (unpaired) electrons. The average molecular weight is 243 g/mol. The van der Waals surface area contributed by atoms with Crippen molar-refractivity contribution in [1.82, 2.24) is 0 Å². The van der Waals surface area contributed by atoms with Gasteiger partial charge in [0.25, 0.3) is 0 Å². The minimum atomic E-state index is -1.82. The van der Waals surface area contributed by atoms with Gasteiger partial charge in [0, 0.05) is 0 Å². The van der Waals surface area contributed by atoms with E-state index in [2.05, 4.69) is 0 Å². The van der Waals surface area contributed by atoms with Crippen LogP contribution in [0.1, 0.15) is 12.0 Å². The van der Waals surface area contributed by atoms with Gasteiger partial charge in [-0.15, -0.1) is 0 Å². The molecule has 0 spiro atoms. The molecule has 6 heteroatoms. The second-order valence-electron chi connectivity index (χ2n) is 3.13. The minimum absolute atomic E-state index is 0.179. The summed E-state index contributed by atoms with van der Waals surface area (Å²) in [5.74, 6) is -3.83. The maximum Gasteiger partial charge on any atom is 0.414 e. The summed E-state index contributed by atoms with van der Waals surface area (Å²) in [5, 5.41) is 14.8. The molecule has 1 aromatic carbocycles. The number of hydrogen-bond donors (Lipinski definition) is 3. The first-order valence-corrected chi connectivity index (χ1v) is 4.88. The van der Waals surface area contributed by atoms with Crippen LogP contribution in [0.3, 0.4) is 0 Å². The Morgan fingerprint density at radius 3 is 1.94 bits per heavy atom. The lowest BCUT2D eigenvalue weighted by molar-refractivity contribution is -0.159. The number of carboxylic acids is 2. The number of halogens is 1. The highest BCUT2D eigenvalue weighted by molar-refractivity contribution is 6.27. The summed E-state index contributed by atoms with van der Waals surface area (Å²) in [5.41, 5.74) is 6.48. The van der Waals surface area contributed by atoms with Crippen LogP contribution in [0.15, 0.2) is 24.3 Å². The van der Waals surface area contributed by atoms with Gasteiger partial charge in [-0.05, 0) is 37.1 Å². The summed E-state index contributed by atoms with van der Waals surface area (Å²) < 4.78 is 12.4. The van der Waals surface area contributed by atoms with E-state index in [1.807, 2.05) is 0 Å². The fourth-order valence-corrected chi connectivity index (χ4v) is 0.957. The molecule has 0 saturated heterocycles. The molecule has 4 N–H and O–H groups in total. The van der Waals surface area contributed by atoms with Gasteiger partial charge in [-0.2, -0.15) is 0 Å². The standard InChI is InChI=1S/C9H12FN.C2H2O4/c10-9-5-3-8(4-6-9)2-1-7-11;3-1(4)2(5)6/h3-6H,1-2,7,11H2;(H,3,4)(H,5,6). The van der Waals surface area contributed by atoms with Crippen LogP contribution < -0.4 is 5.73 Å². The summed E-state index contributed by atoms with van der Waals surface area (Å²) in [4.78, 5) is 18.2. The third kappa shape index (κ3) is 7.92. The van der Waals surface area contributed by atoms with Gasteiger partial charge in [0.2, 0.25) is 0 Å². The Labute approximate surface area is 97.7 Å². The molecule has 5 nitrogen and oxygen atoms in total. The molecule has 0 amide bonds. The predicted octanol–water partition coefficient (Wildman–Crippen LogP) is 0.873. The van der Waals surface area contributed by atoms with Gasteiger partial charge in [0.05, 0.1) is 0 Å². The Hall–Kier alpha value is -1.95. The molecule has 0 unspecified atom stereocenters. The minimum Gasteiger partial charge on any atom is -0.473 e. The van der Waals surface area contributed by atoms with Crippen molar-refractivity contribution in [2.24, 2.45) is 5.73 Å². The van der Waals surface area contributed by atoms with E-state index in [-0.39, 0.29) is 5.82 Å². The van der Waals surface area contributed by atoms with E-state index in [9.17, 15) is 4.39 Å². The van der Waals surface area contributed by atoms with Crippen molar-refractivity contribution in [3.05, 3.63) is 35.6 Å². The van der Waals surface area contributed by atoms with Crippen molar-refractivity contribution >= 4 is 11.9 Å². The first kappa shape index (κ1) is 15.0. The second-order valence-corrected chi connectivity index (χ2v) is 3.13. The zero-order valence-corrected chi connectivity index (χ0v) is 9.10. The molecule has 0 aliphatic heterocycles. The van der Waals surface area contributed by atoms with Crippen LogP contribution >= 0.6 is 0 Å². The van der Waals surface area contributed by atoms with Gasteiger partial charge in [0.1, 0.15) is 5.82 Å². The Bertz CT molecular complexity index is 352. The zero-order valence-electron chi connectivity index (χ0n) is 9.10. The number of hydrogen-bond acceptors (Lipinski definition) is 3. The van der Waals surface area contributed by atoms with Crippen molar-refractivity contribution in [1.29, 1.82) is 0 Å². The third-order valence-electron chi connectivity index (χ3n) is 1.77.